The molecule has 0 saturated heterocycles. The number of nitrogens with one attached hydrogen (secondary N) is 1. The van der Waals surface area contributed by atoms with Gasteiger partial charge in [-0.25, -0.2) is 4.98 Å². The minimum atomic E-state index is -4.41. The van der Waals surface area contributed by atoms with Crippen LogP contribution in [0, 0.1) is 18.3 Å². The van der Waals surface area contributed by atoms with Crippen molar-refractivity contribution in [3.05, 3.63) is 59.4 Å². The molecule has 7 rings (SSSR count). The summed E-state index contributed by atoms with van der Waals surface area (Å²) in [4.78, 5) is 9.03. The molecule has 4 aromatic rings. The Bertz CT molecular complexity index is 1460. The Hall–Kier alpha value is -3.49. The van der Waals surface area contributed by atoms with Crippen LogP contribution in [0.4, 0.5) is 19.0 Å². The van der Waals surface area contributed by atoms with Gasteiger partial charge >= 0.3 is 6.18 Å². The van der Waals surface area contributed by atoms with E-state index >= 15 is 0 Å². The number of nitrogens with zero attached hydrogens (tertiary/aromatic N) is 3. The molecule has 0 spiro atoms. The lowest BCUT2D eigenvalue weighted by molar-refractivity contribution is -0.138. The number of rotatable bonds is 7. The third-order valence-corrected chi connectivity index (χ3v) is 7.83. The SMILES string of the molecule is COc1cc2c(cc1OCC13CC(C1)C3)c(N[C@H](C)c1cccc(C(F)(F)F)c1C)nc1nccn12. The number of methoxy groups -OCH3 is 1. The number of halogens is 3. The average molecular weight is 497 g/mol. The van der Waals surface area contributed by atoms with Crippen LogP contribution in [0.5, 0.6) is 11.5 Å². The van der Waals surface area contributed by atoms with Crippen LogP contribution in [-0.4, -0.2) is 28.1 Å². The molecule has 2 aromatic carbocycles. The largest absolute Gasteiger partial charge is 0.493 e. The summed E-state index contributed by atoms with van der Waals surface area (Å²) in [6, 6.07) is 7.62. The van der Waals surface area contributed by atoms with Gasteiger partial charge in [-0.15, -0.1) is 0 Å². The van der Waals surface area contributed by atoms with E-state index in [1.54, 1.807) is 19.4 Å². The van der Waals surface area contributed by atoms with Gasteiger partial charge in [0.25, 0.3) is 0 Å². The van der Waals surface area contributed by atoms with Gasteiger partial charge in [-0.2, -0.15) is 18.2 Å². The van der Waals surface area contributed by atoms with Crippen LogP contribution in [0.15, 0.2) is 42.7 Å². The van der Waals surface area contributed by atoms with Crippen molar-refractivity contribution in [2.75, 3.05) is 19.0 Å². The lowest BCUT2D eigenvalue weighted by atomic mass is 9.45. The van der Waals surface area contributed by atoms with Crippen LogP contribution in [0.25, 0.3) is 16.7 Å². The second-order valence-corrected chi connectivity index (χ2v) is 10.2. The normalized spacial score (nSPS) is 21.7. The first-order chi connectivity index (χ1) is 17.2. The molecule has 9 heteroatoms. The monoisotopic (exact) mass is 496 g/mol. The maximum absolute atomic E-state index is 13.5. The van der Waals surface area contributed by atoms with Crippen LogP contribution < -0.4 is 14.8 Å². The Balaban J connectivity index is 1.40. The molecule has 3 fully saturated rings. The third-order valence-electron chi connectivity index (χ3n) is 7.83. The van der Waals surface area contributed by atoms with Gasteiger partial charge in [0.15, 0.2) is 11.5 Å². The number of fused-ring (bicyclic) bond motifs is 3. The molecule has 36 heavy (non-hydrogen) atoms. The molecule has 2 heterocycles. The van der Waals surface area contributed by atoms with E-state index in [2.05, 4.69) is 10.3 Å². The number of hydrogen-bond donors (Lipinski definition) is 1. The molecule has 3 aliphatic carbocycles. The van der Waals surface area contributed by atoms with Crippen LogP contribution in [0.3, 0.4) is 0 Å². The van der Waals surface area contributed by atoms with Crippen molar-refractivity contribution >= 4 is 22.5 Å². The number of hydrogen-bond acceptors (Lipinski definition) is 5. The van der Waals surface area contributed by atoms with E-state index in [4.69, 9.17) is 14.5 Å². The fraction of sp³-hybridized carbons (Fsp3) is 0.407. The second-order valence-electron chi connectivity index (χ2n) is 10.2. The Morgan fingerprint density at radius 3 is 2.64 bits per heavy atom. The highest BCUT2D eigenvalue weighted by Crippen LogP contribution is 2.64. The standard InChI is InChI=1S/C27H27F3N4O2/c1-15-18(5-4-6-20(15)27(28,29)30)16(2)32-24-19-9-23(36-14-26-11-17(12-26)13-26)22(35-3)10-21(19)34-8-7-31-25(34)33-24/h4-10,16-17H,11-14H2,1-3H3,(H,31,32,33)/t16-,17?,26?/m1/s1. The molecule has 0 aliphatic heterocycles. The fourth-order valence-corrected chi connectivity index (χ4v) is 5.82. The van der Waals surface area contributed by atoms with Crippen LogP contribution in [0.1, 0.15) is 48.9 Å². The molecular formula is C27H27F3N4O2. The summed E-state index contributed by atoms with van der Waals surface area (Å²) in [5, 5.41) is 4.11. The van der Waals surface area contributed by atoms with E-state index in [1.807, 2.05) is 29.7 Å². The first kappa shape index (κ1) is 22.9. The lowest BCUT2D eigenvalue weighted by Crippen LogP contribution is -2.55. The molecule has 0 amide bonds. The van der Waals surface area contributed by atoms with Gasteiger partial charge in [0.1, 0.15) is 5.82 Å². The summed E-state index contributed by atoms with van der Waals surface area (Å²) in [6.07, 6.45) is 2.73. The Labute approximate surface area is 206 Å². The minimum Gasteiger partial charge on any atom is -0.493 e. The maximum atomic E-state index is 13.5. The average Bonchev–Trinajstić information content (AvgIpc) is 3.24. The zero-order valence-electron chi connectivity index (χ0n) is 20.3. The quantitative estimate of drug-likeness (QED) is 0.314. The Morgan fingerprint density at radius 1 is 1.19 bits per heavy atom. The Kier molecular flexibility index (Phi) is 5.10. The van der Waals surface area contributed by atoms with Crippen molar-refractivity contribution in [1.82, 2.24) is 14.4 Å². The van der Waals surface area contributed by atoms with Gasteiger partial charge in [-0.1, -0.05) is 12.1 Å². The topological polar surface area (TPSA) is 60.7 Å². The summed E-state index contributed by atoms with van der Waals surface area (Å²) >= 11 is 0. The number of ether oxygens (including phenoxy) is 2. The highest BCUT2D eigenvalue weighted by Gasteiger charge is 2.57. The number of anilines is 1. The van der Waals surface area contributed by atoms with Crippen molar-refractivity contribution in [2.45, 2.75) is 45.3 Å². The van der Waals surface area contributed by atoms with Gasteiger partial charge in [-0.05, 0) is 62.3 Å². The second kappa shape index (κ2) is 8.01. The van der Waals surface area contributed by atoms with E-state index in [0.717, 1.165) is 22.9 Å². The molecule has 3 aliphatic rings. The predicted octanol–water partition coefficient (Wildman–Crippen LogP) is 6.57. The van der Waals surface area contributed by atoms with Crippen molar-refractivity contribution in [1.29, 1.82) is 0 Å². The first-order valence-electron chi connectivity index (χ1n) is 12.1. The molecule has 188 valence electrons. The van der Waals surface area contributed by atoms with Gasteiger partial charge in [0.2, 0.25) is 5.78 Å². The van der Waals surface area contributed by atoms with Crippen molar-refractivity contribution in [3.8, 4) is 11.5 Å². The number of aromatic nitrogens is 3. The molecule has 0 unspecified atom stereocenters. The minimum absolute atomic E-state index is 0.195. The third kappa shape index (κ3) is 3.63. The molecular weight excluding hydrogens is 469 g/mol. The summed E-state index contributed by atoms with van der Waals surface area (Å²) in [5.41, 5.74) is 1.22. The fourth-order valence-electron chi connectivity index (χ4n) is 5.82. The number of imidazole rings is 1. The summed E-state index contributed by atoms with van der Waals surface area (Å²) < 4.78 is 54.3. The number of benzene rings is 2. The summed E-state index contributed by atoms with van der Waals surface area (Å²) in [5.74, 6) is 3.10. The molecule has 2 bridgehead atoms. The van der Waals surface area contributed by atoms with E-state index < -0.39 is 17.8 Å². The van der Waals surface area contributed by atoms with Crippen LogP contribution >= 0.6 is 0 Å². The molecule has 0 radical (unpaired) electrons. The van der Waals surface area contributed by atoms with Crippen LogP contribution in [-0.2, 0) is 6.18 Å². The summed E-state index contributed by atoms with van der Waals surface area (Å²) in [7, 11) is 1.61. The van der Waals surface area contributed by atoms with E-state index in [-0.39, 0.29) is 5.56 Å². The van der Waals surface area contributed by atoms with E-state index in [1.165, 1.54) is 32.3 Å². The molecule has 6 nitrogen and oxygen atoms in total. The van der Waals surface area contributed by atoms with E-state index in [9.17, 15) is 13.2 Å². The molecule has 1 N–H and O–H groups in total. The molecule has 3 saturated carbocycles. The van der Waals surface area contributed by atoms with Crippen molar-refractivity contribution < 1.29 is 22.6 Å². The van der Waals surface area contributed by atoms with E-state index in [0.29, 0.717) is 40.7 Å². The smallest absolute Gasteiger partial charge is 0.416 e. The van der Waals surface area contributed by atoms with Crippen LogP contribution in [0.2, 0.25) is 0 Å². The molecule has 2 aromatic heterocycles. The van der Waals surface area contributed by atoms with Gasteiger partial charge in [0.05, 0.1) is 30.8 Å². The highest BCUT2D eigenvalue weighted by atomic mass is 19.4. The maximum Gasteiger partial charge on any atom is 0.416 e. The number of alkyl halides is 3. The highest BCUT2D eigenvalue weighted by molar-refractivity contribution is 5.94. The lowest BCUT2D eigenvalue weighted by Gasteiger charge is -2.61. The predicted molar refractivity (Wildman–Crippen MR) is 131 cm³/mol. The van der Waals surface area contributed by atoms with Gasteiger partial charge in [0, 0.05) is 29.3 Å². The van der Waals surface area contributed by atoms with Crippen molar-refractivity contribution in [3.63, 3.8) is 0 Å². The summed E-state index contributed by atoms with van der Waals surface area (Å²) in [6.45, 7) is 3.98. The molecule has 1 atom stereocenters. The van der Waals surface area contributed by atoms with Gasteiger partial charge < -0.3 is 14.8 Å². The zero-order chi connectivity index (χ0) is 25.2. The first-order valence-corrected chi connectivity index (χ1v) is 12.1. The zero-order valence-corrected chi connectivity index (χ0v) is 20.3. The Morgan fingerprint density at radius 2 is 1.97 bits per heavy atom. The van der Waals surface area contributed by atoms with Gasteiger partial charge in [-0.3, -0.25) is 4.40 Å². The van der Waals surface area contributed by atoms with Crippen molar-refractivity contribution in [2.24, 2.45) is 11.3 Å².